The number of nitrogens with one attached hydrogen (secondary N) is 1. The van der Waals surface area contributed by atoms with Gasteiger partial charge in [-0.1, -0.05) is 13.8 Å². The molecule has 0 heterocycles. The van der Waals surface area contributed by atoms with Crippen molar-refractivity contribution in [1.29, 1.82) is 0 Å². The molecule has 18 heavy (non-hydrogen) atoms. The molecule has 0 atom stereocenters. The summed E-state index contributed by atoms with van der Waals surface area (Å²) in [4.78, 5) is 0. The van der Waals surface area contributed by atoms with E-state index >= 15 is 0 Å². The van der Waals surface area contributed by atoms with E-state index in [1.165, 1.54) is 0 Å². The minimum atomic E-state index is 0.0691. The SMILES string of the molecule is COc1cc(C)c(NCC(C)(C)CN)cc1OC. The Bertz CT molecular complexity index is 403. The van der Waals surface area contributed by atoms with Gasteiger partial charge in [-0.05, 0) is 30.5 Å². The van der Waals surface area contributed by atoms with Crippen LogP contribution in [0, 0.1) is 12.3 Å². The van der Waals surface area contributed by atoms with Gasteiger partial charge in [0, 0.05) is 18.3 Å². The van der Waals surface area contributed by atoms with E-state index in [-0.39, 0.29) is 5.41 Å². The number of hydrogen-bond acceptors (Lipinski definition) is 4. The largest absolute Gasteiger partial charge is 0.493 e. The van der Waals surface area contributed by atoms with Crippen LogP contribution in [0.3, 0.4) is 0 Å². The lowest BCUT2D eigenvalue weighted by Crippen LogP contribution is -2.31. The first kappa shape index (κ1) is 14.6. The number of ether oxygens (including phenoxy) is 2. The lowest BCUT2D eigenvalue weighted by Gasteiger charge is -2.24. The van der Waals surface area contributed by atoms with E-state index in [4.69, 9.17) is 15.2 Å². The zero-order valence-corrected chi connectivity index (χ0v) is 12.0. The summed E-state index contributed by atoms with van der Waals surface area (Å²) < 4.78 is 10.6. The standard InChI is InChI=1S/C14H24N2O2/c1-10-6-12(17-4)13(18-5)7-11(10)16-9-14(2,3)8-15/h6-7,16H,8-9,15H2,1-5H3. The summed E-state index contributed by atoms with van der Waals surface area (Å²) >= 11 is 0. The van der Waals surface area contributed by atoms with Gasteiger partial charge in [-0.15, -0.1) is 0 Å². The highest BCUT2D eigenvalue weighted by Gasteiger charge is 2.16. The van der Waals surface area contributed by atoms with Crippen LogP contribution in [0.5, 0.6) is 11.5 Å². The zero-order chi connectivity index (χ0) is 13.8. The maximum Gasteiger partial charge on any atom is 0.162 e. The molecule has 0 saturated heterocycles. The number of anilines is 1. The average Bonchev–Trinajstić information content (AvgIpc) is 2.36. The van der Waals surface area contributed by atoms with Gasteiger partial charge in [-0.3, -0.25) is 0 Å². The minimum absolute atomic E-state index is 0.0691. The second-order valence-electron chi connectivity index (χ2n) is 5.24. The van der Waals surface area contributed by atoms with Gasteiger partial charge in [0.1, 0.15) is 0 Å². The molecule has 3 N–H and O–H groups in total. The van der Waals surface area contributed by atoms with E-state index in [1.807, 2.05) is 19.1 Å². The molecule has 0 radical (unpaired) electrons. The van der Waals surface area contributed by atoms with Crippen LogP contribution in [0.2, 0.25) is 0 Å². The fraction of sp³-hybridized carbons (Fsp3) is 0.571. The van der Waals surface area contributed by atoms with Crippen molar-refractivity contribution in [2.24, 2.45) is 11.1 Å². The Morgan fingerprint density at radius 3 is 2.22 bits per heavy atom. The van der Waals surface area contributed by atoms with Gasteiger partial charge in [0.2, 0.25) is 0 Å². The quantitative estimate of drug-likeness (QED) is 0.816. The Kier molecular flexibility index (Phi) is 4.84. The molecule has 1 aromatic rings. The summed E-state index contributed by atoms with van der Waals surface area (Å²) in [5.74, 6) is 1.48. The van der Waals surface area contributed by atoms with Crippen LogP contribution < -0.4 is 20.5 Å². The van der Waals surface area contributed by atoms with Crippen molar-refractivity contribution in [2.75, 3.05) is 32.6 Å². The highest BCUT2D eigenvalue weighted by atomic mass is 16.5. The number of aryl methyl sites for hydroxylation is 1. The molecule has 0 fully saturated rings. The Morgan fingerprint density at radius 1 is 1.17 bits per heavy atom. The molecule has 0 spiro atoms. The number of rotatable bonds is 6. The Morgan fingerprint density at radius 2 is 1.72 bits per heavy atom. The Balaban J connectivity index is 2.89. The number of nitrogens with two attached hydrogens (primary N) is 1. The molecule has 0 aliphatic rings. The van der Waals surface area contributed by atoms with Gasteiger partial charge in [-0.2, -0.15) is 0 Å². The molecule has 1 rings (SSSR count). The smallest absolute Gasteiger partial charge is 0.162 e. The topological polar surface area (TPSA) is 56.5 Å². The molecule has 4 heteroatoms. The Labute approximate surface area is 109 Å². The maximum atomic E-state index is 5.73. The summed E-state index contributed by atoms with van der Waals surface area (Å²) in [6.45, 7) is 7.78. The molecular weight excluding hydrogens is 228 g/mol. The van der Waals surface area contributed by atoms with Crippen molar-refractivity contribution in [2.45, 2.75) is 20.8 Å². The van der Waals surface area contributed by atoms with Gasteiger partial charge in [0.25, 0.3) is 0 Å². The first-order valence-electron chi connectivity index (χ1n) is 6.10. The molecule has 0 aromatic heterocycles. The Hall–Kier alpha value is -1.42. The third-order valence-corrected chi connectivity index (χ3v) is 3.04. The molecular formula is C14H24N2O2. The predicted molar refractivity (Wildman–Crippen MR) is 75.6 cm³/mol. The summed E-state index contributed by atoms with van der Waals surface area (Å²) in [6, 6.07) is 3.93. The maximum absolute atomic E-state index is 5.73. The first-order valence-corrected chi connectivity index (χ1v) is 6.10. The van der Waals surface area contributed by atoms with Crippen LogP contribution in [-0.4, -0.2) is 27.3 Å². The summed E-state index contributed by atoms with van der Waals surface area (Å²) in [5.41, 5.74) is 7.97. The van der Waals surface area contributed by atoms with E-state index in [1.54, 1.807) is 14.2 Å². The van der Waals surface area contributed by atoms with Crippen molar-refractivity contribution in [3.05, 3.63) is 17.7 Å². The third kappa shape index (κ3) is 3.53. The van der Waals surface area contributed by atoms with Crippen LogP contribution in [0.15, 0.2) is 12.1 Å². The van der Waals surface area contributed by atoms with E-state index in [9.17, 15) is 0 Å². The normalized spacial score (nSPS) is 11.2. The molecule has 0 unspecified atom stereocenters. The molecule has 4 nitrogen and oxygen atoms in total. The molecule has 0 saturated carbocycles. The monoisotopic (exact) mass is 252 g/mol. The number of methoxy groups -OCH3 is 2. The molecule has 0 amide bonds. The number of benzene rings is 1. The number of hydrogen-bond donors (Lipinski definition) is 2. The van der Waals surface area contributed by atoms with Gasteiger partial charge < -0.3 is 20.5 Å². The van der Waals surface area contributed by atoms with Gasteiger partial charge in [0.15, 0.2) is 11.5 Å². The lowest BCUT2D eigenvalue weighted by atomic mass is 9.93. The summed E-state index contributed by atoms with van der Waals surface area (Å²) in [5, 5.41) is 3.41. The lowest BCUT2D eigenvalue weighted by molar-refractivity contribution is 0.354. The van der Waals surface area contributed by atoms with Gasteiger partial charge in [-0.25, -0.2) is 0 Å². The van der Waals surface area contributed by atoms with Crippen LogP contribution in [0.4, 0.5) is 5.69 Å². The molecule has 0 bridgehead atoms. The second kappa shape index (κ2) is 5.96. The van der Waals surface area contributed by atoms with Crippen molar-refractivity contribution in [3.8, 4) is 11.5 Å². The van der Waals surface area contributed by atoms with Gasteiger partial charge in [0.05, 0.1) is 14.2 Å². The molecule has 0 aliphatic carbocycles. The molecule has 102 valence electrons. The fourth-order valence-corrected chi connectivity index (χ4v) is 1.58. The molecule has 1 aromatic carbocycles. The predicted octanol–water partition coefficient (Wildman–Crippen LogP) is 2.41. The van der Waals surface area contributed by atoms with Crippen LogP contribution in [0.1, 0.15) is 19.4 Å². The van der Waals surface area contributed by atoms with Crippen LogP contribution in [0.25, 0.3) is 0 Å². The molecule has 0 aliphatic heterocycles. The third-order valence-electron chi connectivity index (χ3n) is 3.04. The summed E-state index contributed by atoms with van der Waals surface area (Å²) in [7, 11) is 3.28. The van der Waals surface area contributed by atoms with Crippen molar-refractivity contribution in [3.63, 3.8) is 0 Å². The van der Waals surface area contributed by atoms with E-state index in [0.29, 0.717) is 6.54 Å². The van der Waals surface area contributed by atoms with E-state index in [0.717, 1.165) is 29.3 Å². The summed E-state index contributed by atoms with van der Waals surface area (Å²) in [6.07, 6.45) is 0. The van der Waals surface area contributed by atoms with Gasteiger partial charge >= 0.3 is 0 Å². The first-order chi connectivity index (χ1) is 8.43. The van der Waals surface area contributed by atoms with E-state index < -0.39 is 0 Å². The van der Waals surface area contributed by atoms with Crippen molar-refractivity contribution < 1.29 is 9.47 Å². The highest BCUT2D eigenvalue weighted by molar-refractivity contribution is 5.60. The van der Waals surface area contributed by atoms with Crippen LogP contribution in [-0.2, 0) is 0 Å². The average molecular weight is 252 g/mol. The minimum Gasteiger partial charge on any atom is -0.493 e. The zero-order valence-electron chi connectivity index (χ0n) is 12.0. The highest BCUT2D eigenvalue weighted by Crippen LogP contribution is 2.33. The second-order valence-corrected chi connectivity index (χ2v) is 5.24. The fourth-order valence-electron chi connectivity index (χ4n) is 1.58. The van der Waals surface area contributed by atoms with E-state index in [2.05, 4.69) is 19.2 Å². The van der Waals surface area contributed by atoms with Crippen LogP contribution >= 0.6 is 0 Å². The van der Waals surface area contributed by atoms with Crippen molar-refractivity contribution >= 4 is 5.69 Å². The van der Waals surface area contributed by atoms with Crippen molar-refractivity contribution in [1.82, 2.24) is 0 Å².